The molecule has 0 aliphatic heterocycles. The van der Waals surface area contributed by atoms with E-state index in [9.17, 15) is 4.21 Å². The third-order valence-corrected chi connectivity index (χ3v) is 4.70. The average molecular weight is 289 g/mol. The Labute approximate surface area is 121 Å². The molecule has 2 aromatic rings. The third-order valence-electron chi connectivity index (χ3n) is 3.35. The lowest BCUT2D eigenvalue weighted by Gasteiger charge is -2.12. The Bertz CT molecular complexity index is 693. The van der Waals surface area contributed by atoms with Crippen LogP contribution in [0.5, 0.6) is 0 Å². The van der Waals surface area contributed by atoms with Crippen LogP contribution in [0.3, 0.4) is 0 Å². The molecule has 3 rings (SSSR count). The molecule has 20 heavy (non-hydrogen) atoms. The fourth-order valence-electron chi connectivity index (χ4n) is 2.15. The molecule has 1 atom stereocenters. The van der Waals surface area contributed by atoms with Crippen LogP contribution in [0.15, 0.2) is 28.8 Å². The Morgan fingerprint density at radius 1 is 1.40 bits per heavy atom. The van der Waals surface area contributed by atoms with Gasteiger partial charge in [-0.05, 0) is 45.7 Å². The summed E-state index contributed by atoms with van der Waals surface area (Å²) in [7, 11) is -1.24. The van der Waals surface area contributed by atoms with Gasteiger partial charge in [0.2, 0.25) is 0 Å². The smallest absolute Gasteiger partial charge is 0.144 e. The molecule has 0 unspecified atom stereocenters. The van der Waals surface area contributed by atoms with E-state index >= 15 is 0 Å². The first-order valence-corrected chi connectivity index (χ1v) is 8.00. The molecular weight excluding hydrogens is 270 g/mol. The molecular formula is C15H19N3OS. The van der Waals surface area contributed by atoms with Gasteiger partial charge in [-0.1, -0.05) is 6.07 Å². The van der Waals surface area contributed by atoms with Gasteiger partial charge < -0.3 is 4.40 Å². The van der Waals surface area contributed by atoms with Crippen molar-refractivity contribution in [1.29, 1.82) is 0 Å². The van der Waals surface area contributed by atoms with Crippen molar-refractivity contribution in [2.75, 3.05) is 0 Å². The molecule has 4 nitrogen and oxygen atoms in total. The molecule has 0 amide bonds. The lowest BCUT2D eigenvalue weighted by atomic mass is 10.2. The maximum absolute atomic E-state index is 12.0. The summed E-state index contributed by atoms with van der Waals surface area (Å²) >= 11 is 0. The lowest BCUT2D eigenvalue weighted by molar-refractivity contribution is 0.651. The zero-order valence-electron chi connectivity index (χ0n) is 12.0. The van der Waals surface area contributed by atoms with Gasteiger partial charge in [-0.25, -0.2) is 9.19 Å². The summed E-state index contributed by atoms with van der Waals surface area (Å²) < 4.78 is 18.0. The van der Waals surface area contributed by atoms with E-state index in [0.717, 1.165) is 11.3 Å². The molecule has 0 saturated heterocycles. The van der Waals surface area contributed by atoms with Gasteiger partial charge in [-0.2, -0.15) is 4.40 Å². The predicted octanol–water partition coefficient (Wildman–Crippen LogP) is 3.09. The van der Waals surface area contributed by atoms with E-state index in [4.69, 9.17) is 0 Å². The number of aromatic nitrogens is 2. The quantitative estimate of drug-likeness (QED) is 0.815. The monoisotopic (exact) mass is 289 g/mol. The largest absolute Gasteiger partial charge is 0.303 e. The zero-order chi connectivity index (χ0) is 14.3. The number of nitrogens with zero attached hydrogens (tertiary/aromatic N) is 3. The summed E-state index contributed by atoms with van der Waals surface area (Å²) in [5.74, 6) is 0.567. The summed E-state index contributed by atoms with van der Waals surface area (Å²) in [6, 6.07) is 5.98. The second-order valence-corrected chi connectivity index (χ2v) is 8.12. The van der Waals surface area contributed by atoms with Crippen molar-refractivity contribution in [1.82, 2.24) is 9.38 Å². The van der Waals surface area contributed by atoms with Gasteiger partial charge in [0, 0.05) is 12.1 Å². The highest BCUT2D eigenvalue weighted by molar-refractivity contribution is 7.85. The molecule has 5 heteroatoms. The maximum Gasteiger partial charge on any atom is 0.144 e. The fourth-order valence-corrected chi connectivity index (χ4v) is 2.66. The summed E-state index contributed by atoms with van der Waals surface area (Å²) in [6.07, 6.45) is 6.12. The standard InChI is InChI=1S/C15H19N3OS/c1-15(2,3)20(19)16-10-12-14(11-7-8-11)18-9-5-4-6-13(18)17-12/h4-6,9-11H,7-8H2,1-3H3/t20-/m0/s1. The van der Waals surface area contributed by atoms with E-state index in [1.165, 1.54) is 18.5 Å². The molecule has 2 aromatic heterocycles. The van der Waals surface area contributed by atoms with Crippen molar-refractivity contribution in [3.63, 3.8) is 0 Å². The molecule has 2 heterocycles. The SMILES string of the molecule is CC(C)(C)[S@](=O)N=Cc1nc2ccccn2c1C1CC1. The Morgan fingerprint density at radius 3 is 2.80 bits per heavy atom. The minimum Gasteiger partial charge on any atom is -0.303 e. The molecule has 1 fully saturated rings. The Kier molecular flexibility index (Phi) is 3.24. The van der Waals surface area contributed by atoms with Gasteiger partial charge in [0.1, 0.15) is 22.3 Å². The van der Waals surface area contributed by atoms with Crippen LogP contribution in [0.2, 0.25) is 0 Å². The van der Waals surface area contributed by atoms with Gasteiger partial charge in [0.15, 0.2) is 0 Å². The van der Waals surface area contributed by atoms with Gasteiger partial charge in [-0.15, -0.1) is 0 Å². The van der Waals surface area contributed by atoms with Crippen molar-refractivity contribution < 1.29 is 4.21 Å². The van der Waals surface area contributed by atoms with Gasteiger partial charge in [0.25, 0.3) is 0 Å². The number of pyridine rings is 1. The normalized spacial score (nSPS) is 17.9. The van der Waals surface area contributed by atoms with Crippen molar-refractivity contribution >= 4 is 22.8 Å². The van der Waals surface area contributed by atoms with Crippen molar-refractivity contribution in [3.05, 3.63) is 35.8 Å². The molecule has 106 valence electrons. The number of fused-ring (bicyclic) bond motifs is 1. The first-order chi connectivity index (χ1) is 9.47. The minimum absolute atomic E-state index is 0.338. The van der Waals surface area contributed by atoms with E-state index in [0.29, 0.717) is 5.92 Å². The van der Waals surface area contributed by atoms with E-state index in [-0.39, 0.29) is 4.75 Å². The van der Waals surface area contributed by atoms with Crippen molar-refractivity contribution in [2.24, 2.45) is 4.40 Å². The van der Waals surface area contributed by atoms with Gasteiger partial charge in [-0.3, -0.25) is 0 Å². The van der Waals surface area contributed by atoms with E-state index in [1.54, 1.807) is 6.21 Å². The lowest BCUT2D eigenvalue weighted by Crippen LogP contribution is -2.19. The first-order valence-electron chi connectivity index (χ1n) is 6.90. The van der Waals surface area contributed by atoms with Crippen LogP contribution in [0.4, 0.5) is 0 Å². The van der Waals surface area contributed by atoms with Crippen LogP contribution < -0.4 is 0 Å². The summed E-state index contributed by atoms with van der Waals surface area (Å²) in [5.41, 5.74) is 2.99. The van der Waals surface area contributed by atoms with Crippen molar-refractivity contribution in [2.45, 2.75) is 44.3 Å². The predicted molar refractivity (Wildman–Crippen MR) is 82.7 cm³/mol. The van der Waals surface area contributed by atoms with Gasteiger partial charge in [0.05, 0.1) is 16.7 Å². The van der Waals surface area contributed by atoms with Crippen LogP contribution in [-0.2, 0) is 11.0 Å². The molecule has 0 spiro atoms. The fraction of sp³-hybridized carbons (Fsp3) is 0.467. The Balaban J connectivity index is 2.01. The third kappa shape index (κ3) is 2.54. The average Bonchev–Trinajstić information content (AvgIpc) is 3.15. The molecule has 0 N–H and O–H groups in total. The van der Waals surface area contributed by atoms with E-state index in [1.807, 2.05) is 45.2 Å². The second-order valence-electron chi connectivity index (χ2n) is 6.18. The van der Waals surface area contributed by atoms with Crippen molar-refractivity contribution in [3.8, 4) is 0 Å². The van der Waals surface area contributed by atoms with Crippen LogP contribution in [0, 0.1) is 0 Å². The Morgan fingerprint density at radius 2 is 2.15 bits per heavy atom. The topological polar surface area (TPSA) is 46.7 Å². The van der Waals surface area contributed by atoms with Gasteiger partial charge >= 0.3 is 0 Å². The highest BCUT2D eigenvalue weighted by atomic mass is 32.2. The number of hydrogen-bond donors (Lipinski definition) is 0. The van der Waals surface area contributed by atoms with Crippen LogP contribution in [0.1, 0.15) is 50.9 Å². The zero-order valence-corrected chi connectivity index (χ0v) is 12.9. The maximum atomic E-state index is 12.0. The highest BCUT2D eigenvalue weighted by Gasteiger charge is 2.30. The molecule has 1 saturated carbocycles. The van der Waals surface area contributed by atoms with E-state index in [2.05, 4.69) is 13.8 Å². The number of rotatable bonds is 3. The second kappa shape index (κ2) is 4.81. The first kappa shape index (κ1) is 13.5. The summed E-state index contributed by atoms with van der Waals surface area (Å²) in [6.45, 7) is 5.77. The summed E-state index contributed by atoms with van der Waals surface area (Å²) in [4.78, 5) is 4.61. The Hall–Kier alpha value is -1.49. The van der Waals surface area contributed by atoms with E-state index < -0.39 is 11.0 Å². The van der Waals surface area contributed by atoms with Crippen LogP contribution in [0.25, 0.3) is 5.65 Å². The number of hydrogen-bond acceptors (Lipinski definition) is 2. The molecule has 0 bridgehead atoms. The number of imidazole rings is 1. The summed E-state index contributed by atoms with van der Waals surface area (Å²) in [5, 5.41) is 0. The molecule has 0 aromatic carbocycles. The highest BCUT2D eigenvalue weighted by Crippen LogP contribution is 2.41. The molecule has 0 radical (unpaired) electrons. The minimum atomic E-state index is -1.24. The van der Waals surface area contributed by atoms with Crippen LogP contribution >= 0.6 is 0 Å². The molecule has 1 aliphatic rings. The molecule has 1 aliphatic carbocycles. The van der Waals surface area contributed by atoms with Crippen LogP contribution in [-0.4, -0.2) is 24.6 Å².